The Morgan fingerprint density at radius 1 is 1.15 bits per heavy atom. The number of nitrogens with zero attached hydrogens (tertiary/aromatic N) is 2. The summed E-state index contributed by atoms with van der Waals surface area (Å²) in [4.78, 5) is 37.1. The Morgan fingerprint density at radius 2 is 1.88 bits per heavy atom. The van der Waals surface area contributed by atoms with Gasteiger partial charge in [0.25, 0.3) is 11.8 Å². The van der Waals surface area contributed by atoms with E-state index in [0.29, 0.717) is 15.7 Å². The van der Waals surface area contributed by atoms with E-state index in [1.54, 1.807) is 6.07 Å². The van der Waals surface area contributed by atoms with Gasteiger partial charge in [0.05, 0.1) is 5.69 Å². The normalized spacial score (nSPS) is 20.7. The van der Waals surface area contributed by atoms with Gasteiger partial charge in [-0.3, -0.25) is 9.59 Å². The minimum absolute atomic E-state index is 0. The summed E-state index contributed by atoms with van der Waals surface area (Å²) in [6.07, 6.45) is 4.67. The summed E-state index contributed by atoms with van der Waals surface area (Å²) >= 11 is 7.56. The number of aromatic amines is 1. The van der Waals surface area contributed by atoms with Crippen LogP contribution in [0.3, 0.4) is 0 Å². The zero-order chi connectivity index (χ0) is 22.2. The largest absolute Gasteiger partial charge is 0.351 e. The van der Waals surface area contributed by atoms with E-state index < -0.39 is 0 Å². The van der Waals surface area contributed by atoms with Crippen LogP contribution in [0, 0.1) is 0 Å². The van der Waals surface area contributed by atoms with Gasteiger partial charge in [0.1, 0.15) is 5.69 Å². The highest BCUT2D eigenvalue weighted by Gasteiger charge is 2.30. The predicted molar refractivity (Wildman–Crippen MR) is 134 cm³/mol. The van der Waals surface area contributed by atoms with Crippen molar-refractivity contribution in [3.8, 4) is 0 Å². The molecule has 0 radical (unpaired) electrons. The van der Waals surface area contributed by atoms with E-state index in [-0.39, 0.29) is 36.3 Å². The van der Waals surface area contributed by atoms with E-state index in [0.717, 1.165) is 61.8 Å². The molecular weight excluding hydrogens is 481 g/mol. The summed E-state index contributed by atoms with van der Waals surface area (Å²) in [6, 6.07) is 7.08. The first-order valence-corrected chi connectivity index (χ1v) is 12.2. The van der Waals surface area contributed by atoms with Crippen LogP contribution in [0.2, 0.25) is 5.02 Å². The second-order valence-electron chi connectivity index (χ2n) is 8.74. The van der Waals surface area contributed by atoms with Crippen molar-refractivity contribution in [2.75, 3.05) is 13.6 Å². The number of benzene rings is 1. The summed E-state index contributed by atoms with van der Waals surface area (Å²) < 4.78 is 0. The third kappa shape index (κ3) is 5.19. The third-order valence-electron chi connectivity index (χ3n) is 6.34. The maximum absolute atomic E-state index is 13.0. The first-order valence-electron chi connectivity index (χ1n) is 11.0. The standard InChI is InChI=1S/C23H26ClN5O2S.ClH/c1-29-9-8-20-19(12-29)28-23(32-20)22(31)27-17-5-3-2-4-16(17)26-21(30)18-11-13-10-14(24)6-7-15(13)25-18;/h6-7,10-11,16-17,25H,2-5,8-9,12H2,1H3,(H,26,30)(H,27,31);1H. The zero-order valence-corrected chi connectivity index (χ0v) is 20.7. The van der Waals surface area contributed by atoms with Crippen LogP contribution in [0.1, 0.15) is 56.5 Å². The van der Waals surface area contributed by atoms with Gasteiger partial charge in [-0.15, -0.1) is 23.7 Å². The van der Waals surface area contributed by atoms with Crippen LogP contribution in [0.4, 0.5) is 0 Å². The highest BCUT2D eigenvalue weighted by atomic mass is 35.5. The maximum Gasteiger partial charge on any atom is 0.280 e. The lowest BCUT2D eigenvalue weighted by Crippen LogP contribution is -2.53. The Balaban J connectivity index is 0.00000259. The van der Waals surface area contributed by atoms with Crippen molar-refractivity contribution < 1.29 is 9.59 Å². The zero-order valence-electron chi connectivity index (χ0n) is 18.3. The number of fused-ring (bicyclic) bond motifs is 2. The molecule has 7 nitrogen and oxygen atoms in total. The molecule has 3 N–H and O–H groups in total. The van der Waals surface area contributed by atoms with Crippen LogP contribution in [0.25, 0.3) is 10.9 Å². The number of rotatable bonds is 4. The van der Waals surface area contributed by atoms with Crippen LogP contribution >= 0.6 is 35.3 Å². The summed E-state index contributed by atoms with van der Waals surface area (Å²) in [5.41, 5.74) is 2.38. The molecule has 3 aromatic rings. The summed E-state index contributed by atoms with van der Waals surface area (Å²) in [5.74, 6) is -0.310. The predicted octanol–water partition coefficient (Wildman–Crippen LogP) is 4.16. The highest BCUT2D eigenvalue weighted by Crippen LogP contribution is 2.26. The summed E-state index contributed by atoms with van der Waals surface area (Å²) in [7, 11) is 2.07. The lowest BCUT2D eigenvalue weighted by Gasteiger charge is -2.32. The topological polar surface area (TPSA) is 90.1 Å². The molecule has 0 bridgehead atoms. The molecule has 176 valence electrons. The van der Waals surface area contributed by atoms with Crippen molar-refractivity contribution in [1.82, 2.24) is 25.5 Å². The van der Waals surface area contributed by atoms with E-state index in [4.69, 9.17) is 11.6 Å². The Morgan fingerprint density at radius 3 is 2.64 bits per heavy atom. The fraction of sp³-hybridized carbons (Fsp3) is 0.435. The van der Waals surface area contributed by atoms with Crippen molar-refractivity contribution in [3.05, 3.63) is 50.6 Å². The monoisotopic (exact) mass is 507 g/mol. The van der Waals surface area contributed by atoms with E-state index in [1.807, 2.05) is 18.2 Å². The molecule has 10 heteroatoms. The maximum atomic E-state index is 13.0. The van der Waals surface area contributed by atoms with Crippen LogP contribution in [0.15, 0.2) is 24.3 Å². The Bertz CT molecular complexity index is 1180. The number of thiazole rings is 1. The van der Waals surface area contributed by atoms with E-state index in [2.05, 4.69) is 32.5 Å². The summed E-state index contributed by atoms with van der Waals surface area (Å²) in [6.45, 7) is 1.78. The number of nitrogens with one attached hydrogen (secondary N) is 3. The van der Waals surface area contributed by atoms with E-state index in [9.17, 15) is 9.59 Å². The molecule has 1 saturated carbocycles. The lowest BCUT2D eigenvalue weighted by molar-refractivity contribution is 0.0860. The van der Waals surface area contributed by atoms with E-state index >= 15 is 0 Å². The number of halogens is 2. The van der Waals surface area contributed by atoms with Gasteiger partial charge in [0, 0.05) is 46.0 Å². The molecule has 2 aromatic heterocycles. The molecule has 33 heavy (non-hydrogen) atoms. The Kier molecular flexibility index (Phi) is 7.28. The Hall–Kier alpha value is -2.13. The molecule has 1 aliphatic carbocycles. The molecule has 1 fully saturated rings. The fourth-order valence-electron chi connectivity index (χ4n) is 4.60. The number of carbonyl (C=O) groups is 2. The minimum atomic E-state index is -0.170. The quantitative estimate of drug-likeness (QED) is 0.494. The average molecular weight is 508 g/mol. The van der Waals surface area contributed by atoms with Gasteiger partial charge in [0.15, 0.2) is 5.01 Å². The van der Waals surface area contributed by atoms with Gasteiger partial charge < -0.3 is 20.5 Å². The molecular formula is C23H27Cl2N5O2S. The molecule has 1 aliphatic heterocycles. The van der Waals surface area contributed by atoms with Crippen molar-refractivity contribution in [2.45, 2.75) is 50.7 Å². The Labute approximate surface area is 207 Å². The number of carbonyl (C=O) groups excluding carboxylic acids is 2. The van der Waals surface area contributed by atoms with Crippen molar-refractivity contribution in [1.29, 1.82) is 0 Å². The molecule has 2 atom stereocenters. The molecule has 2 aliphatic rings. The second-order valence-corrected chi connectivity index (χ2v) is 10.3. The second kappa shape index (κ2) is 10.0. The lowest BCUT2D eigenvalue weighted by atomic mass is 9.90. The molecule has 0 saturated heterocycles. The van der Waals surface area contributed by atoms with E-state index in [1.165, 1.54) is 16.2 Å². The van der Waals surface area contributed by atoms with Gasteiger partial charge in [-0.2, -0.15) is 0 Å². The van der Waals surface area contributed by atoms with Gasteiger partial charge in [-0.1, -0.05) is 24.4 Å². The molecule has 1 aromatic carbocycles. The van der Waals surface area contributed by atoms with Gasteiger partial charge in [-0.05, 0) is 50.6 Å². The molecule has 0 spiro atoms. The molecule has 5 rings (SSSR count). The molecule has 3 heterocycles. The number of amides is 2. The van der Waals surface area contributed by atoms with Crippen LogP contribution < -0.4 is 10.6 Å². The SMILES string of the molecule is CN1CCc2sc(C(=O)NC3CCCCC3NC(=O)c3cc4cc(Cl)ccc4[nH]3)nc2C1.Cl. The van der Waals surface area contributed by atoms with Crippen LogP contribution in [-0.2, 0) is 13.0 Å². The summed E-state index contributed by atoms with van der Waals surface area (Å²) in [5, 5.41) is 8.33. The molecule has 2 unspecified atom stereocenters. The highest BCUT2D eigenvalue weighted by molar-refractivity contribution is 7.13. The number of hydrogen-bond donors (Lipinski definition) is 3. The number of likely N-dealkylation sites (N-methyl/N-ethyl adjacent to an activating group) is 1. The van der Waals surface area contributed by atoms with Crippen molar-refractivity contribution in [2.24, 2.45) is 0 Å². The first-order chi connectivity index (χ1) is 15.5. The van der Waals surface area contributed by atoms with Crippen molar-refractivity contribution >= 4 is 58.1 Å². The van der Waals surface area contributed by atoms with Gasteiger partial charge >= 0.3 is 0 Å². The number of hydrogen-bond acceptors (Lipinski definition) is 5. The fourth-order valence-corrected chi connectivity index (χ4v) is 5.75. The minimum Gasteiger partial charge on any atom is -0.351 e. The van der Waals surface area contributed by atoms with Crippen LogP contribution in [0.5, 0.6) is 0 Å². The number of aromatic nitrogens is 2. The first kappa shape index (κ1) is 24.0. The smallest absolute Gasteiger partial charge is 0.280 e. The van der Waals surface area contributed by atoms with Gasteiger partial charge in [-0.25, -0.2) is 4.98 Å². The average Bonchev–Trinajstić information content (AvgIpc) is 3.38. The van der Waals surface area contributed by atoms with Crippen molar-refractivity contribution in [3.63, 3.8) is 0 Å². The third-order valence-corrected chi connectivity index (χ3v) is 7.73. The van der Waals surface area contributed by atoms with Crippen LogP contribution in [-0.4, -0.2) is 52.4 Å². The number of H-pyrrole nitrogens is 1. The van der Waals surface area contributed by atoms with Gasteiger partial charge in [0.2, 0.25) is 0 Å². The molecule has 2 amide bonds.